The number of carbonyl (C=O) groups excluding carboxylic acids is 2. The van der Waals surface area contributed by atoms with Gasteiger partial charge < -0.3 is 25.2 Å². The van der Waals surface area contributed by atoms with Gasteiger partial charge in [0, 0.05) is 12.8 Å². The summed E-state index contributed by atoms with van der Waals surface area (Å²) in [5.41, 5.74) is 0. The second-order valence-electron chi connectivity index (χ2n) is 14.5. The maximum Gasteiger partial charge on any atom is 0.472 e. The molecule has 0 fully saturated rings. The third-order valence-corrected chi connectivity index (χ3v) is 10.2. The summed E-state index contributed by atoms with van der Waals surface area (Å²) in [6.07, 6.45) is 37.8. The molecule has 0 aliphatic heterocycles. The minimum atomic E-state index is -4.75. The molecule has 0 radical (unpaired) electrons. The molecule has 0 saturated heterocycles. The summed E-state index contributed by atoms with van der Waals surface area (Å²) in [6, 6.07) is -1.55. The molecular formula is C42H78NO10P. The van der Waals surface area contributed by atoms with Crippen LogP contribution in [0.4, 0.5) is 0 Å². The highest BCUT2D eigenvalue weighted by atomic mass is 31.2. The van der Waals surface area contributed by atoms with E-state index in [4.69, 9.17) is 13.8 Å². The lowest BCUT2D eigenvalue weighted by Gasteiger charge is -2.18. The number of amides is 1. The predicted molar refractivity (Wildman–Crippen MR) is 217 cm³/mol. The van der Waals surface area contributed by atoms with Crippen LogP contribution in [0, 0.1) is 0 Å². The normalized spacial score (nSPS) is 14.0. The third-order valence-electron chi connectivity index (χ3n) is 9.21. The van der Waals surface area contributed by atoms with Crippen LogP contribution in [0.2, 0.25) is 0 Å². The minimum Gasteiger partial charge on any atom is -0.480 e. The van der Waals surface area contributed by atoms with E-state index < -0.39 is 57.6 Å². The summed E-state index contributed by atoms with van der Waals surface area (Å²) in [5.74, 6) is -2.38. The zero-order valence-electron chi connectivity index (χ0n) is 34.0. The Morgan fingerprint density at radius 3 is 1.46 bits per heavy atom. The van der Waals surface area contributed by atoms with E-state index in [1.54, 1.807) is 0 Å². The van der Waals surface area contributed by atoms with Crippen molar-refractivity contribution in [2.45, 2.75) is 206 Å². The van der Waals surface area contributed by atoms with Crippen LogP contribution in [0.5, 0.6) is 0 Å². The van der Waals surface area contributed by atoms with Gasteiger partial charge in [-0.15, -0.1) is 0 Å². The summed E-state index contributed by atoms with van der Waals surface area (Å²) in [7, 11) is -4.75. The number of hydrogen-bond acceptors (Lipinski definition) is 8. The van der Waals surface area contributed by atoms with Crippen LogP contribution >= 0.6 is 7.82 Å². The van der Waals surface area contributed by atoms with Gasteiger partial charge in [-0.1, -0.05) is 147 Å². The van der Waals surface area contributed by atoms with Crippen molar-refractivity contribution >= 4 is 25.7 Å². The van der Waals surface area contributed by atoms with Crippen molar-refractivity contribution in [3.8, 4) is 0 Å². The molecule has 11 nitrogen and oxygen atoms in total. The molecular weight excluding hydrogens is 709 g/mol. The van der Waals surface area contributed by atoms with Crippen molar-refractivity contribution < 1.29 is 47.8 Å². The van der Waals surface area contributed by atoms with Gasteiger partial charge in [-0.05, 0) is 57.8 Å². The lowest BCUT2D eigenvalue weighted by molar-refractivity contribution is -0.147. The number of rotatable bonds is 40. The zero-order valence-corrected chi connectivity index (χ0v) is 34.9. The number of aliphatic hydroxyl groups excluding tert-OH is 1. The summed E-state index contributed by atoms with van der Waals surface area (Å²) in [6.45, 7) is 2.54. The maximum absolute atomic E-state index is 12.3. The average Bonchev–Trinajstić information content (AvgIpc) is 3.14. The first-order chi connectivity index (χ1) is 26.1. The molecule has 0 aromatic carbocycles. The van der Waals surface area contributed by atoms with E-state index in [0.29, 0.717) is 12.8 Å². The van der Waals surface area contributed by atoms with E-state index in [0.717, 1.165) is 57.8 Å². The number of nitrogens with one attached hydrogen (secondary N) is 1. The number of hydrogen-bond donors (Lipinski definition) is 4. The standard InChI is InChI=1S/C42H78NO10P/c1-3-5-7-9-11-13-15-16-17-18-19-20-21-22-24-25-27-29-31-33-40(45)43-39(42(47)48)37-53-54(49,50)52-36-38(44)35-51-41(46)34-32-30-28-26-23-14-12-10-8-6-4-2/h10,12,16-17,38-39,44H,3-9,11,13-15,18-37H2,1-2H3,(H,43,45)(H,47,48)(H,49,50)/b12-10-,17-16+. The Balaban J connectivity index is 3.90. The molecule has 3 unspecified atom stereocenters. The van der Waals surface area contributed by atoms with E-state index >= 15 is 0 Å². The van der Waals surface area contributed by atoms with Crippen LogP contribution in [0.25, 0.3) is 0 Å². The fourth-order valence-electron chi connectivity index (χ4n) is 5.82. The summed E-state index contributed by atoms with van der Waals surface area (Å²) >= 11 is 0. The second-order valence-corrected chi connectivity index (χ2v) is 16.0. The minimum absolute atomic E-state index is 0.144. The Morgan fingerprint density at radius 1 is 0.574 bits per heavy atom. The van der Waals surface area contributed by atoms with Crippen LogP contribution < -0.4 is 5.32 Å². The Kier molecular flexibility index (Phi) is 36.4. The van der Waals surface area contributed by atoms with Crippen LogP contribution in [0.1, 0.15) is 194 Å². The van der Waals surface area contributed by atoms with Gasteiger partial charge in [0.2, 0.25) is 5.91 Å². The first-order valence-electron chi connectivity index (χ1n) is 21.4. The monoisotopic (exact) mass is 788 g/mol. The van der Waals surface area contributed by atoms with Crippen molar-refractivity contribution in [2.24, 2.45) is 0 Å². The molecule has 0 aliphatic carbocycles. The van der Waals surface area contributed by atoms with Crippen molar-refractivity contribution in [1.82, 2.24) is 5.32 Å². The molecule has 12 heteroatoms. The number of esters is 1. The van der Waals surface area contributed by atoms with Gasteiger partial charge in [-0.25, -0.2) is 9.36 Å². The van der Waals surface area contributed by atoms with Gasteiger partial charge in [0.25, 0.3) is 0 Å². The Bertz CT molecular complexity index is 1020. The van der Waals surface area contributed by atoms with Gasteiger partial charge >= 0.3 is 19.8 Å². The maximum atomic E-state index is 12.3. The predicted octanol–water partition coefficient (Wildman–Crippen LogP) is 10.7. The number of phosphoric acid groups is 1. The van der Waals surface area contributed by atoms with Gasteiger partial charge in [0.05, 0.1) is 13.2 Å². The summed E-state index contributed by atoms with van der Waals surface area (Å²) in [5, 5.41) is 21.8. The number of aliphatic hydroxyl groups is 1. The summed E-state index contributed by atoms with van der Waals surface area (Å²) < 4.78 is 26.8. The highest BCUT2D eigenvalue weighted by Gasteiger charge is 2.28. The molecule has 0 aromatic heterocycles. The Labute approximate surface area is 328 Å². The number of carbonyl (C=O) groups is 3. The van der Waals surface area contributed by atoms with Crippen molar-refractivity contribution in [3.05, 3.63) is 24.3 Å². The van der Waals surface area contributed by atoms with Gasteiger partial charge in [-0.3, -0.25) is 18.6 Å². The zero-order chi connectivity index (χ0) is 40.0. The molecule has 4 N–H and O–H groups in total. The molecule has 0 spiro atoms. The number of phosphoric ester groups is 1. The number of aliphatic carboxylic acids is 1. The molecule has 316 valence electrons. The lowest BCUT2D eigenvalue weighted by Crippen LogP contribution is -2.43. The fraction of sp³-hybridized carbons (Fsp3) is 0.833. The quantitative estimate of drug-likeness (QED) is 0.0203. The summed E-state index contributed by atoms with van der Waals surface area (Å²) in [4.78, 5) is 45.8. The van der Waals surface area contributed by atoms with E-state index in [-0.39, 0.29) is 12.8 Å². The van der Waals surface area contributed by atoms with Crippen LogP contribution in [-0.4, -0.2) is 64.9 Å². The second kappa shape index (κ2) is 37.9. The molecule has 0 aliphatic rings. The lowest BCUT2D eigenvalue weighted by atomic mass is 10.1. The fourth-order valence-corrected chi connectivity index (χ4v) is 6.59. The molecule has 0 heterocycles. The number of ether oxygens (including phenoxy) is 1. The number of carboxylic acids is 1. The van der Waals surface area contributed by atoms with Gasteiger partial charge in [0.15, 0.2) is 6.04 Å². The molecule has 0 rings (SSSR count). The highest BCUT2D eigenvalue weighted by molar-refractivity contribution is 7.47. The van der Waals surface area contributed by atoms with Crippen molar-refractivity contribution in [2.75, 3.05) is 19.8 Å². The van der Waals surface area contributed by atoms with E-state index in [9.17, 15) is 34.1 Å². The topological polar surface area (TPSA) is 169 Å². The number of allylic oxidation sites excluding steroid dienone is 4. The molecule has 0 bridgehead atoms. The average molecular weight is 788 g/mol. The molecule has 0 aromatic rings. The van der Waals surface area contributed by atoms with E-state index in [1.165, 1.54) is 96.3 Å². The number of carboxylic acid groups (broad SMARTS) is 1. The van der Waals surface area contributed by atoms with Crippen molar-refractivity contribution in [3.63, 3.8) is 0 Å². The van der Waals surface area contributed by atoms with Crippen LogP contribution in [0.15, 0.2) is 24.3 Å². The Hall–Kier alpha value is -2.04. The molecule has 54 heavy (non-hydrogen) atoms. The smallest absolute Gasteiger partial charge is 0.472 e. The molecule has 3 atom stereocenters. The first kappa shape index (κ1) is 52.0. The van der Waals surface area contributed by atoms with Crippen LogP contribution in [-0.2, 0) is 32.7 Å². The van der Waals surface area contributed by atoms with E-state index in [1.807, 2.05) is 0 Å². The SMILES string of the molecule is CCCC/C=C\CCCCCCCC(=O)OCC(O)COP(=O)(O)OCC(NC(=O)CCCCCCCCCCC/C=C/CCCCCCCC)C(=O)O. The van der Waals surface area contributed by atoms with E-state index in [2.05, 4.69) is 43.5 Å². The Morgan fingerprint density at radius 2 is 0.981 bits per heavy atom. The molecule has 1 amide bonds. The van der Waals surface area contributed by atoms with Crippen molar-refractivity contribution in [1.29, 1.82) is 0 Å². The van der Waals surface area contributed by atoms with Crippen LogP contribution in [0.3, 0.4) is 0 Å². The molecule has 0 saturated carbocycles. The highest BCUT2D eigenvalue weighted by Crippen LogP contribution is 2.43. The first-order valence-corrected chi connectivity index (χ1v) is 22.9. The van der Waals surface area contributed by atoms with Gasteiger partial charge in [0.1, 0.15) is 12.7 Å². The van der Waals surface area contributed by atoms with Gasteiger partial charge in [-0.2, -0.15) is 0 Å². The largest absolute Gasteiger partial charge is 0.480 e. The number of unbranched alkanes of at least 4 members (excludes halogenated alkanes) is 22. The third kappa shape index (κ3) is 36.9.